The maximum atomic E-state index is 11.1. The second-order valence-electron chi connectivity index (χ2n) is 6.14. The third kappa shape index (κ3) is 7.03. The molecule has 2 rings (SSSR count). The Morgan fingerprint density at radius 2 is 1.81 bits per heavy atom. The van der Waals surface area contributed by atoms with Crippen LogP contribution in [0.2, 0.25) is 0 Å². The predicted octanol–water partition coefficient (Wildman–Crippen LogP) is 4.70. The second-order valence-corrected chi connectivity index (χ2v) is 6.14. The van der Waals surface area contributed by atoms with Gasteiger partial charge < -0.3 is 16.4 Å². The molecule has 140 valence electrons. The molecule has 0 aliphatic carbocycles. The quantitative estimate of drug-likeness (QED) is 0.328. The first kappa shape index (κ1) is 22.0. The lowest BCUT2D eigenvalue weighted by Gasteiger charge is -2.11. The van der Waals surface area contributed by atoms with E-state index in [1.165, 1.54) is 12.5 Å². The first-order valence-electron chi connectivity index (χ1n) is 8.51. The number of rotatable bonds is 6. The van der Waals surface area contributed by atoms with Crippen LogP contribution >= 0.6 is 24.0 Å². The summed E-state index contributed by atoms with van der Waals surface area (Å²) in [4.78, 5) is 15.5. The Morgan fingerprint density at radius 1 is 1.12 bits per heavy atom. The molecular formula is C20H27IN4O. The van der Waals surface area contributed by atoms with E-state index < -0.39 is 0 Å². The molecule has 0 spiro atoms. The summed E-state index contributed by atoms with van der Waals surface area (Å²) < 4.78 is 0. The van der Waals surface area contributed by atoms with Crippen molar-refractivity contribution in [2.75, 3.05) is 10.6 Å². The maximum Gasteiger partial charge on any atom is 0.221 e. The highest BCUT2D eigenvalue weighted by molar-refractivity contribution is 14.0. The minimum absolute atomic E-state index is 0. The van der Waals surface area contributed by atoms with Gasteiger partial charge in [0, 0.05) is 18.3 Å². The number of hydrogen-bond donors (Lipinski definition) is 3. The fourth-order valence-electron chi connectivity index (χ4n) is 2.45. The second kappa shape index (κ2) is 10.8. The minimum Gasteiger partial charge on any atom is -0.370 e. The molecule has 2 aromatic rings. The van der Waals surface area contributed by atoms with Gasteiger partial charge in [-0.25, -0.2) is 4.99 Å². The zero-order valence-corrected chi connectivity index (χ0v) is 17.8. The summed E-state index contributed by atoms with van der Waals surface area (Å²) in [5, 5.41) is 5.86. The summed E-state index contributed by atoms with van der Waals surface area (Å²) >= 11 is 0. The third-order valence-electron chi connectivity index (χ3n) is 4.04. The lowest BCUT2D eigenvalue weighted by atomic mass is 9.99. The van der Waals surface area contributed by atoms with Gasteiger partial charge in [-0.3, -0.25) is 4.79 Å². The normalized spacial score (nSPS) is 12.0. The largest absolute Gasteiger partial charge is 0.370 e. The molecule has 5 nitrogen and oxygen atoms in total. The van der Waals surface area contributed by atoms with Crippen LogP contribution in [0.4, 0.5) is 11.4 Å². The number of benzene rings is 2. The predicted molar refractivity (Wildman–Crippen MR) is 120 cm³/mol. The number of amides is 1. The lowest BCUT2D eigenvalue weighted by Crippen LogP contribution is -2.22. The Kier molecular flexibility index (Phi) is 9.12. The van der Waals surface area contributed by atoms with Crippen molar-refractivity contribution in [1.82, 2.24) is 0 Å². The van der Waals surface area contributed by atoms with E-state index in [4.69, 9.17) is 5.73 Å². The zero-order valence-electron chi connectivity index (χ0n) is 15.5. The zero-order chi connectivity index (χ0) is 18.2. The van der Waals surface area contributed by atoms with Gasteiger partial charge in [-0.15, -0.1) is 24.0 Å². The van der Waals surface area contributed by atoms with Gasteiger partial charge in [-0.2, -0.15) is 0 Å². The van der Waals surface area contributed by atoms with Gasteiger partial charge in [-0.05, 0) is 47.7 Å². The molecule has 0 saturated carbocycles. The molecule has 6 heteroatoms. The Balaban J connectivity index is 0.00000338. The molecule has 2 aromatic carbocycles. The van der Waals surface area contributed by atoms with Crippen LogP contribution < -0.4 is 16.4 Å². The van der Waals surface area contributed by atoms with Crippen molar-refractivity contribution in [2.45, 2.75) is 39.7 Å². The molecule has 1 amide bonds. The highest BCUT2D eigenvalue weighted by Gasteiger charge is 2.03. The van der Waals surface area contributed by atoms with Crippen LogP contribution in [0.3, 0.4) is 0 Å². The summed E-state index contributed by atoms with van der Waals surface area (Å²) in [6.07, 6.45) is 1.12. The number of nitrogens with one attached hydrogen (secondary N) is 2. The average molecular weight is 466 g/mol. The van der Waals surface area contributed by atoms with Gasteiger partial charge in [-0.1, -0.05) is 38.1 Å². The fourth-order valence-corrected chi connectivity index (χ4v) is 2.45. The van der Waals surface area contributed by atoms with Crippen molar-refractivity contribution in [3.63, 3.8) is 0 Å². The van der Waals surface area contributed by atoms with Gasteiger partial charge in [0.15, 0.2) is 5.96 Å². The van der Waals surface area contributed by atoms with Gasteiger partial charge in [0.1, 0.15) is 0 Å². The van der Waals surface area contributed by atoms with Crippen molar-refractivity contribution in [3.8, 4) is 0 Å². The van der Waals surface area contributed by atoms with Crippen molar-refractivity contribution in [1.29, 1.82) is 0 Å². The highest BCUT2D eigenvalue weighted by atomic mass is 127. The monoisotopic (exact) mass is 466 g/mol. The number of carbonyl (C=O) groups is 1. The number of guanidine groups is 1. The first-order valence-corrected chi connectivity index (χ1v) is 8.51. The highest BCUT2D eigenvalue weighted by Crippen LogP contribution is 2.20. The Hall–Kier alpha value is -2.09. The van der Waals surface area contributed by atoms with Crippen LogP contribution in [-0.4, -0.2) is 11.9 Å². The SMILES string of the molecule is CCC(C)c1ccc(NC(N)=NCc2cccc(NC(C)=O)c2)cc1.I. The molecule has 1 unspecified atom stereocenters. The first-order chi connectivity index (χ1) is 12.0. The van der Waals surface area contributed by atoms with Crippen molar-refractivity contribution < 1.29 is 4.79 Å². The standard InChI is InChI=1S/C20H26N4O.HI/c1-4-14(2)17-8-10-18(11-9-17)24-20(21)22-13-16-6-5-7-19(12-16)23-15(3)25;/h5-12,14H,4,13H2,1-3H3,(H,23,25)(H3,21,22,24);1H. The van der Waals surface area contributed by atoms with Crippen molar-refractivity contribution in [3.05, 3.63) is 59.7 Å². The van der Waals surface area contributed by atoms with E-state index in [1.54, 1.807) is 0 Å². The van der Waals surface area contributed by atoms with Crippen LogP contribution in [0.25, 0.3) is 0 Å². The molecule has 0 radical (unpaired) electrons. The smallest absolute Gasteiger partial charge is 0.221 e. The molecule has 0 aliphatic heterocycles. The molecule has 4 N–H and O–H groups in total. The molecule has 0 fully saturated rings. The lowest BCUT2D eigenvalue weighted by molar-refractivity contribution is -0.114. The molecule has 0 aliphatic rings. The van der Waals surface area contributed by atoms with Gasteiger partial charge in [0.25, 0.3) is 0 Å². The number of hydrogen-bond acceptors (Lipinski definition) is 2. The summed E-state index contributed by atoms with van der Waals surface area (Å²) in [6, 6.07) is 15.8. The van der Waals surface area contributed by atoms with Gasteiger partial charge in [0.05, 0.1) is 6.54 Å². The molecule has 0 heterocycles. The third-order valence-corrected chi connectivity index (χ3v) is 4.04. The van der Waals surface area contributed by atoms with Crippen LogP contribution in [0.5, 0.6) is 0 Å². The van der Waals surface area contributed by atoms with E-state index in [9.17, 15) is 4.79 Å². The molecule has 1 atom stereocenters. The van der Waals surface area contributed by atoms with Gasteiger partial charge in [0.2, 0.25) is 5.91 Å². The topological polar surface area (TPSA) is 79.5 Å². The molecule has 0 bridgehead atoms. The van der Waals surface area contributed by atoms with Crippen LogP contribution in [0.1, 0.15) is 44.2 Å². The fraction of sp³-hybridized carbons (Fsp3) is 0.300. The van der Waals surface area contributed by atoms with Crippen molar-refractivity contribution >= 4 is 47.2 Å². The average Bonchev–Trinajstić information content (AvgIpc) is 2.60. The summed E-state index contributed by atoms with van der Waals surface area (Å²) in [5.74, 6) is 0.819. The van der Waals surface area contributed by atoms with E-state index in [0.29, 0.717) is 18.4 Å². The number of nitrogens with two attached hydrogens (primary N) is 1. The summed E-state index contributed by atoms with van der Waals surface area (Å²) in [7, 11) is 0. The van der Waals surface area contributed by atoms with Crippen molar-refractivity contribution in [2.24, 2.45) is 10.7 Å². The van der Waals surface area contributed by atoms with Gasteiger partial charge >= 0.3 is 0 Å². The van der Waals surface area contributed by atoms with E-state index in [1.807, 2.05) is 36.4 Å². The van der Waals surface area contributed by atoms with E-state index in [0.717, 1.165) is 23.4 Å². The Bertz CT molecular complexity index is 744. The van der Waals surface area contributed by atoms with Crippen LogP contribution in [-0.2, 0) is 11.3 Å². The number of anilines is 2. The molecule has 0 saturated heterocycles. The van der Waals surface area contributed by atoms with Crippen LogP contribution in [0, 0.1) is 0 Å². The maximum absolute atomic E-state index is 11.1. The van der Waals surface area contributed by atoms with E-state index in [-0.39, 0.29) is 29.9 Å². The van der Waals surface area contributed by atoms with E-state index in [2.05, 4.69) is 41.6 Å². The molecule has 0 aromatic heterocycles. The summed E-state index contributed by atoms with van der Waals surface area (Å²) in [5.41, 5.74) is 9.93. The van der Waals surface area contributed by atoms with Crippen LogP contribution in [0.15, 0.2) is 53.5 Å². The number of nitrogens with zero attached hydrogens (tertiary/aromatic N) is 1. The molecule has 26 heavy (non-hydrogen) atoms. The Labute approximate surface area is 172 Å². The molecular weight excluding hydrogens is 439 g/mol. The number of carbonyl (C=O) groups excluding carboxylic acids is 1. The Morgan fingerprint density at radius 3 is 2.42 bits per heavy atom. The van der Waals surface area contributed by atoms with E-state index >= 15 is 0 Å². The minimum atomic E-state index is -0.0947. The number of aliphatic imine (C=N–C) groups is 1. The summed E-state index contributed by atoms with van der Waals surface area (Å²) in [6.45, 7) is 6.33. The number of halogens is 1.